The molecular formula is C18H13ClN4S. The number of para-hydroxylation sites is 1. The van der Waals surface area contributed by atoms with E-state index >= 15 is 0 Å². The average molecular weight is 353 g/mol. The smallest absolute Gasteiger partial charge is 0.199 e. The van der Waals surface area contributed by atoms with Crippen molar-refractivity contribution < 1.29 is 0 Å². The van der Waals surface area contributed by atoms with E-state index in [9.17, 15) is 0 Å². The number of nitrogens with zero attached hydrogens (tertiary/aromatic N) is 3. The minimum absolute atomic E-state index is 0.421. The van der Waals surface area contributed by atoms with Gasteiger partial charge in [-0.3, -0.25) is 0 Å². The van der Waals surface area contributed by atoms with Gasteiger partial charge in [-0.25, -0.2) is 4.68 Å². The highest BCUT2D eigenvalue weighted by Crippen LogP contribution is 2.30. The molecule has 2 heterocycles. The van der Waals surface area contributed by atoms with Crippen LogP contribution in [0.4, 0.5) is 0 Å². The number of benzene rings is 2. The molecule has 0 aliphatic carbocycles. The number of aromatic nitrogens is 4. The van der Waals surface area contributed by atoms with Gasteiger partial charge in [-0.15, -0.1) is 0 Å². The summed E-state index contributed by atoms with van der Waals surface area (Å²) in [4.78, 5) is 7.71. The highest BCUT2D eigenvalue weighted by atomic mass is 35.5. The lowest BCUT2D eigenvalue weighted by atomic mass is 10.1. The van der Waals surface area contributed by atoms with Gasteiger partial charge >= 0.3 is 0 Å². The van der Waals surface area contributed by atoms with Gasteiger partial charge in [0.25, 0.3) is 0 Å². The maximum absolute atomic E-state index is 6.00. The predicted octanol–water partition coefficient (Wildman–Crippen LogP) is 5.11. The van der Waals surface area contributed by atoms with Gasteiger partial charge in [0.15, 0.2) is 10.4 Å². The van der Waals surface area contributed by atoms with Gasteiger partial charge in [0.05, 0.1) is 22.5 Å². The Kier molecular flexibility index (Phi) is 3.67. The lowest BCUT2D eigenvalue weighted by Crippen LogP contribution is -1.98. The molecule has 2 aromatic carbocycles. The molecule has 0 bridgehead atoms. The first-order chi connectivity index (χ1) is 11.6. The maximum atomic E-state index is 6.00. The van der Waals surface area contributed by atoms with Gasteiger partial charge in [-0.05, 0) is 49.0 Å². The Hall–Kier alpha value is -2.50. The topological polar surface area (TPSA) is 46.5 Å². The van der Waals surface area contributed by atoms with Crippen molar-refractivity contribution >= 4 is 34.9 Å². The molecule has 0 saturated carbocycles. The van der Waals surface area contributed by atoms with Crippen LogP contribution in [0.2, 0.25) is 5.02 Å². The lowest BCUT2D eigenvalue weighted by molar-refractivity contribution is 0.875. The molecular weight excluding hydrogens is 340 g/mol. The summed E-state index contributed by atoms with van der Waals surface area (Å²) in [5, 5.41) is 6.31. The molecule has 0 amide bonds. The zero-order chi connectivity index (χ0) is 16.7. The Morgan fingerprint density at radius 1 is 1.04 bits per heavy atom. The molecule has 118 valence electrons. The van der Waals surface area contributed by atoms with E-state index in [-0.39, 0.29) is 0 Å². The van der Waals surface area contributed by atoms with Crippen LogP contribution >= 0.6 is 23.8 Å². The minimum atomic E-state index is 0.421. The van der Waals surface area contributed by atoms with E-state index in [1.54, 1.807) is 0 Å². The Labute approximate surface area is 148 Å². The average Bonchev–Trinajstić information content (AvgIpc) is 2.92. The zero-order valence-electron chi connectivity index (χ0n) is 12.8. The van der Waals surface area contributed by atoms with Crippen molar-refractivity contribution in [3.8, 4) is 16.9 Å². The number of aryl methyl sites for hydroxylation is 1. The van der Waals surface area contributed by atoms with Crippen molar-refractivity contribution in [2.75, 3.05) is 0 Å². The van der Waals surface area contributed by atoms with Crippen LogP contribution in [0.5, 0.6) is 0 Å². The second-order valence-electron chi connectivity index (χ2n) is 5.46. The van der Waals surface area contributed by atoms with Crippen molar-refractivity contribution in [3.05, 3.63) is 70.1 Å². The van der Waals surface area contributed by atoms with Crippen LogP contribution in [0.1, 0.15) is 5.69 Å². The SMILES string of the molecule is Cc1nn(-c2ccccc2)c2nc(=S)[nH]c(-c3ccc(Cl)cc3)c12. The summed E-state index contributed by atoms with van der Waals surface area (Å²) in [5.41, 5.74) is 4.48. The molecule has 4 aromatic rings. The standard InChI is InChI=1S/C18H13ClN4S/c1-11-15-16(12-7-9-13(19)10-8-12)20-18(24)21-17(15)23(22-11)14-5-3-2-4-6-14/h2-10H,1H3,(H,20,21,24). The highest BCUT2D eigenvalue weighted by molar-refractivity contribution is 7.71. The van der Waals surface area contributed by atoms with E-state index in [2.05, 4.69) is 15.1 Å². The third-order valence-electron chi connectivity index (χ3n) is 3.86. The van der Waals surface area contributed by atoms with E-state index in [4.69, 9.17) is 23.8 Å². The summed E-state index contributed by atoms with van der Waals surface area (Å²) in [7, 11) is 0. The van der Waals surface area contributed by atoms with Gasteiger partial charge in [0, 0.05) is 5.02 Å². The van der Waals surface area contributed by atoms with E-state index in [0.29, 0.717) is 9.79 Å². The number of rotatable bonds is 2. The summed E-state index contributed by atoms with van der Waals surface area (Å²) in [6, 6.07) is 17.5. The Morgan fingerprint density at radius 2 is 1.75 bits per heavy atom. The number of fused-ring (bicyclic) bond motifs is 1. The summed E-state index contributed by atoms with van der Waals surface area (Å²) < 4.78 is 2.25. The molecule has 0 unspecified atom stereocenters. The monoisotopic (exact) mass is 352 g/mol. The molecule has 1 N–H and O–H groups in total. The van der Waals surface area contributed by atoms with E-state index in [1.807, 2.05) is 66.2 Å². The first-order valence-corrected chi connectivity index (χ1v) is 8.23. The van der Waals surface area contributed by atoms with Crippen LogP contribution < -0.4 is 0 Å². The molecule has 0 radical (unpaired) electrons. The largest absolute Gasteiger partial charge is 0.330 e. The van der Waals surface area contributed by atoms with Crippen LogP contribution in [0.15, 0.2) is 54.6 Å². The van der Waals surface area contributed by atoms with Gasteiger partial charge in [0.1, 0.15) is 0 Å². The molecule has 2 aromatic heterocycles. The fourth-order valence-corrected chi connectivity index (χ4v) is 3.10. The first kappa shape index (κ1) is 15.1. The summed E-state index contributed by atoms with van der Waals surface area (Å²) in [6.07, 6.45) is 0. The number of nitrogens with one attached hydrogen (secondary N) is 1. The van der Waals surface area contributed by atoms with Crippen molar-refractivity contribution in [2.24, 2.45) is 0 Å². The minimum Gasteiger partial charge on any atom is -0.330 e. The predicted molar refractivity (Wildman–Crippen MR) is 99.2 cm³/mol. The number of hydrogen-bond donors (Lipinski definition) is 1. The second kappa shape index (κ2) is 5.85. The maximum Gasteiger partial charge on any atom is 0.199 e. The molecule has 6 heteroatoms. The second-order valence-corrected chi connectivity index (χ2v) is 6.28. The molecule has 0 fully saturated rings. The fourth-order valence-electron chi connectivity index (χ4n) is 2.79. The number of hydrogen-bond acceptors (Lipinski definition) is 3. The number of aromatic amines is 1. The van der Waals surface area contributed by atoms with Gasteiger partial charge < -0.3 is 4.98 Å². The Bertz CT molecular complexity index is 1080. The fraction of sp³-hybridized carbons (Fsp3) is 0.0556. The summed E-state index contributed by atoms with van der Waals surface area (Å²) >= 11 is 11.3. The van der Waals surface area contributed by atoms with Gasteiger partial charge in [-0.2, -0.15) is 10.1 Å². The molecule has 4 nitrogen and oxygen atoms in total. The van der Waals surface area contributed by atoms with Crippen molar-refractivity contribution in [2.45, 2.75) is 6.92 Å². The lowest BCUT2D eigenvalue weighted by Gasteiger charge is -2.06. The van der Waals surface area contributed by atoms with E-state index in [1.165, 1.54) is 0 Å². The first-order valence-electron chi connectivity index (χ1n) is 7.44. The molecule has 4 rings (SSSR count). The van der Waals surface area contributed by atoms with Crippen molar-refractivity contribution in [1.29, 1.82) is 0 Å². The normalized spacial score (nSPS) is 11.1. The van der Waals surface area contributed by atoms with Gasteiger partial charge in [0.2, 0.25) is 0 Å². The number of halogens is 1. The van der Waals surface area contributed by atoms with Gasteiger partial charge in [-0.1, -0.05) is 41.9 Å². The summed E-state index contributed by atoms with van der Waals surface area (Å²) in [5.74, 6) is 0. The summed E-state index contributed by atoms with van der Waals surface area (Å²) in [6.45, 7) is 1.97. The van der Waals surface area contributed by atoms with E-state index in [0.717, 1.165) is 33.7 Å². The highest BCUT2D eigenvalue weighted by Gasteiger charge is 2.16. The quantitative estimate of drug-likeness (QED) is 0.510. The Balaban J connectivity index is 2.05. The van der Waals surface area contributed by atoms with Crippen molar-refractivity contribution in [1.82, 2.24) is 19.7 Å². The van der Waals surface area contributed by atoms with Crippen LogP contribution in [0.25, 0.3) is 28.0 Å². The third-order valence-corrected chi connectivity index (χ3v) is 4.30. The third kappa shape index (κ3) is 2.52. The molecule has 0 saturated heterocycles. The van der Waals surface area contributed by atoms with E-state index < -0.39 is 0 Å². The molecule has 0 aliphatic rings. The van der Waals surface area contributed by atoms with Crippen LogP contribution in [-0.4, -0.2) is 19.7 Å². The molecule has 0 atom stereocenters. The molecule has 0 aliphatic heterocycles. The van der Waals surface area contributed by atoms with Crippen LogP contribution in [-0.2, 0) is 0 Å². The number of H-pyrrole nitrogens is 1. The zero-order valence-corrected chi connectivity index (χ0v) is 14.4. The van der Waals surface area contributed by atoms with Crippen LogP contribution in [0, 0.1) is 11.7 Å². The Morgan fingerprint density at radius 3 is 2.46 bits per heavy atom. The molecule has 0 spiro atoms. The molecule has 24 heavy (non-hydrogen) atoms. The van der Waals surface area contributed by atoms with Crippen LogP contribution in [0.3, 0.4) is 0 Å². The van der Waals surface area contributed by atoms with Crippen molar-refractivity contribution in [3.63, 3.8) is 0 Å².